The molecule has 38 heavy (non-hydrogen) atoms. The summed E-state index contributed by atoms with van der Waals surface area (Å²) in [6.45, 7) is 1.94. The molecule has 4 rings (SSSR count). The molecular weight excluding hydrogens is 532 g/mol. The number of alkyl halides is 6. The molecule has 0 saturated heterocycles. The Morgan fingerprint density at radius 1 is 1.00 bits per heavy atom. The van der Waals surface area contributed by atoms with Crippen LogP contribution in [-0.2, 0) is 15.8 Å². The molecule has 2 heterocycles. The molecule has 0 bridgehead atoms. The molecule has 0 saturated carbocycles. The van der Waals surface area contributed by atoms with Gasteiger partial charge in [-0.1, -0.05) is 6.07 Å². The van der Waals surface area contributed by atoms with Crippen LogP contribution in [0, 0.1) is 0 Å². The maximum atomic E-state index is 13.8. The average Bonchev–Trinajstić information content (AvgIpc) is 2.82. The fraction of sp³-hybridized carbons (Fsp3) is 0.261. The molecule has 9 nitrogen and oxygen atoms in total. The molecule has 1 aromatic heterocycles. The van der Waals surface area contributed by atoms with Gasteiger partial charge in [-0.05, 0) is 36.8 Å². The van der Waals surface area contributed by atoms with Crippen molar-refractivity contribution in [3.05, 3.63) is 52.4 Å². The first-order chi connectivity index (χ1) is 17.6. The van der Waals surface area contributed by atoms with Gasteiger partial charge in [-0.2, -0.15) is 26.3 Å². The zero-order valence-corrected chi connectivity index (χ0v) is 19.1. The normalized spacial score (nSPS) is 13.8. The standard InChI is InChI=1S/C21H16F3NO6.C2HF3O2/c1-10(25)20(27)30-12-3-4-13-15(9-12)31-19(21(22,23)24)17(18(13)26)11-2-5-14-16(8-11)29-7-6-28-14;3-2(4,5)1(6)7/h2-5,8-10H,6-7,25H2,1H3;(H,6,7). The molecule has 3 N–H and O–H groups in total. The summed E-state index contributed by atoms with van der Waals surface area (Å²) in [5, 5.41) is 7.01. The molecular formula is C23H17F6NO8. The van der Waals surface area contributed by atoms with Gasteiger partial charge in [0.15, 0.2) is 11.5 Å². The summed E-state index contributed by atoms with van der Waals surface area (Å²) in [5.41, 5.74) is 3.46. The van der Waals surface area contributed by atoms with Crippen LogP contribution >= 0.6 is 0 Å². The van der Waals surface area contributed by atoms with Gasteiger partial charge in [0.1, 0.15) is 30.6 Å². The highest BCUT2D eigenvalue weighted by Crippen LogP contribution is 2.40. The molecule has 3 aromatic rings. The number of rotatable bonds is 3. The van der Waals surface area contributed by atoms with Crippen molar-refractivity contribution >= 4 is 22.9 Å². The molecule has 1 unspecified atom stereocenters. The lowest BCUT2D eigenvalue weighted by Gasteiger charge is -2.19. The third-order valence-corrected chi connectivity index (χ3v) is 4.78. The lowest BCUT2D eigenvalue weighted by Crippen LogP contribution is -2.30. The van der Waals surface area contributed by atoms with E-state index in [2.05, 4.69) is 0 Å². The minimum Gasteiger partial charge on any atom is -0.486 e. The van der Waals surface area contributed by atoms with Crippen LogP contribution in [-0.4, -0.2) is 42.5 Å². The van der Waals surface area contributed by atoms with Crippen molar-refractivity contribution in [2.75, 3.05) is 13.2 Å². The van der Waals surface area contributed by atoms with E-state index < -0.39 is 47.1 Å². The van der Waals surface area contributed by atoms with Gasteiger partial charge in [-0.3, -0.25) is 4.79 Å². The fourth-order valence-electron chi connectivity index (χ4n) is 3.11. The number of halogens is 6. The van der Waals surface area contributed by atoms with Crippen molar-refractivity contribution in [2.24, 2.45) is 5.73 Å². The van der Waals surface area contributed by atoms with Gasteiger partial charge in [-0.15, -0.1) is 0 Å². The van der Waals surface area contributed by atoms with Gasteiger partial charge in [0, 0.05) is 6.07 Å². The number of hydrogen-bond donors (Lipinski definition) is 2. The number of fused-ring (bicyclic) bond motifs is 2. The first kappa shape index (κ1) is 28.3. The number of aliphatic carboxylic acids is 1. The number of benzene rings is 2. The Morgan fingerprint density at radius 3 is 2.16 bits per heavy atom. The molecule has 0 fully saturated rings. The van der Waals surface area contributed by atoms with Crippen LogP contribution in [0.5, 0.6) is 17.2 Å². The zero-order chi connectivity index (χ0) is 28.4. The quantitative estimate of drug-likeness (QED) is 0.281. The Hall–Kier alpha value is -4.27. The van der Waals surface area contributed by atoms with E-state index >= 15 is 0 Å². The summed E-state index contributed by atoms with van der Waals surface area (Å²) in [7, 11) is 0. The van der Waals surface area contributed by atoms with Crippen LogP contribution < -0.4 is 25.4 Å². The molecule has 1 atom stereocenters. The van der Waals surface area contributed by atoms with Crippen molar-refractivity contribution in [1.82, 2.24) is 0 Å². The van der Waals surface area contributed by atoms with Crippen LogP contribution in [0.2, 0.25) is 0 Å². The number of carboxylic acid groups (broad SMARTS) is 1. The topological polar surface area (TPSA) is 138 Å². The average molecular weight is 549 g/mol. The van der Waals surface area contributed by atoms with E-state index in [0.717, 1.165) is 6.07 Å². The van der Waals surface area contributed by atoms with Crippen LogP contribution in [0.25, 0.3) is 22.1 Å². The summed E-state index contributed by atoms with van der Waals surface area (Å²) in [6.07, 6.45) is -10.0. The molecule has 0 spiro atoms. The van der Waals surface area contributed by atoms with Gasteiger partial charge in [-0.25, -0.2) is 9.59 Å². The largest absolute Gasteiger partial charge is 0.490 e. The molecule has 0 amide bonds. The van der Waals surface area contributed by atoms with Crippen LogP contribution in [0.3, 0.4) is 0 Å². The van der Waals surface area contributed by atoms with Crippen molar-refractivity contribution in [3.8, 4) is 28.4 Å². The van der Waals surface area contributed by atoms with E-state index in [-0.39, 0.29) is 34.6 Å². The molecule has 1 aliphatic rings. The first-order valence-electron chi connectivity index (χ1n) is 10.4. The van der Waals surface area contributed by atoms with Gasteiger partial charge < -0.3 is 29.5 Å². The maximum Gasteiger partial charge on any atom is 0.490 e. The monoisotopic (exact) mass is 549 g/mol. The van der Waals surface area contributed by atoms with E-state index in [1.165, 1.54) is 37.3 Å². The van der Waals surface area contributed by atoms with Crippen molar-refractivity contribution in [1.29, 1.82) is 0 Å². The molecule has 0 radical (unpaired) electrons. The highest BCUT2D eigenvalue weighted by Gasteiger charge is 2.40. The molecule has 204 valence electrons. The van der Waals surface area contributed by atoms with Gasteiger partial charge in [0.2, 0.25) is 11.2 Å². The van der Waals surface area contributed by atoms with Crippen LogP contribution in [0.1, 0.15) is 12.7 Å². The SMILES string of the molecule is CC(N)C(=O)Oc1ccc2c(=O)c(-c3ccc4c(c3)OCCO4)c(C(F)(F)F)oc2c1.O=C(O)C(F)(F)F. The maximum absolute atomic E-state index is 13.8. The van der Waals surface area contributed by atoms with E-state index in [4.69, 9.17) is 34.3 Å². The van der Waals surface area contributed by atoms with E-state index in [0.29, 0.717) is 12.4 Å². The van der Waals surface area contributed by atoms with E-state index in [1.54, 1.807) is 0 Å². The smallest absolute Gasteiger partial charge is 0.486 e. The van der Waals surface area contributed by atoms with E-state index in [1.807, 2.05) is 0 Å². The summed E-state index contributed by atoms with van der Waals surface area (Å²) in [5.74, 6) is -4.52. The fourth-order valence-corrected chi connectivity index (χ4v) is 3.11. The van der Waals surface area contributed by atoms with Crippen molar-refractivity contribution in [3.63, 3.8) is 0 Å². The lowest BCUT2D eigenvalue weighted by atomic mass is 10.0. The second-order valence-corrected chi connectivity index (χ2v) is 7.66. The Balaban J connectivity index is 0.000000505. The predicted molar refractivity (Wildman–Crippen MR) is 117 cm³/mol. The predicted octanol–water partition coefficient (Wildman–Crippen LogP) is 4.14. The Bertz CT molecular complexity index is 1430. The molecule has 15 heteroatoms. The van der Waals surface area contributed by atoms with Crippen molar-refractivity contribution < 1.29 is 59.7 Å². The van der Waals surface area contributed by atoms with Crippen LogP contribution in [0.4, 0.5) is 26.3 Å². The molecule has 1 aliphatic heterocycles. The highest BCUT2D eigenvalue weighted by molar-refractivity contribution is 5.85. The Morgan fingerprint density at radius 2 is 1.61 bits per heavy atom. The minimum atomic E-state index is -5.08. The van der Waals surface area contributed by atoms with Gasteiger partial charge >= 0.3 is 24.3 Å². The second-order valence-electron chi connectivity index (χ2n) is 7.66. The van der Waals surface area contributed by atoms with Crippen molar-refractivity contribution in [2.45, 2.75) is 25.3 Å². The molecule has 0 aliphatic carbocycles. The Kier molecular flexibility index (Phi) is 7.90. The number of esters is 1. The summed E-state index contributed by atoms with van der Waals surface area (Å²) >= 11 is 0. The summed E-state index contributed by atoms with van der Waals surface area (Å²) < 4.78 is 94.0. The number of nitrogens with two attached hydrogens (primary N) is 1. The number of carboxylic acids is 1. The highest BCUT2D eigenvalue weighted by atomic mass is 19.4. The summed E-state index contributed by atoms with van der Waals surface area (Å²) in [6, 6.07) is 6.68. The zero-order valence-electron chi connectivity index (χ0n) is 19.1. The summed E-state index contributed by atoms with van der Waals surface area (Å²) in [4.78, 5) is 33.6. The first-order valence-corrected chi connectivity index (χ1v) is 10.4. The molecule has 2 aromatic carbocycles. The Labute approximate surface area is 208 Å². The number of carbonyl (C=O) groups is 2. The van der Waals surface area contributed by atoms with Gasteiger partial charge in [0.05, 0.1) is 10.9 Å². The van der Waals surface area contributed by atoms with Gasteiger partial charge in [0.25, 0.3) is 0 Å². The minimum absolute atomic E-state index is 0.0281. The third kappa shape index (κ3) is 6.34. The lowest BCUT2D eigenvalue weighted by molar-refractivity contribution is -0.192. The third-order valence-electron chi connectivity index (χ3n) is 4.78. The number of hydrogen-bond acceptors (Lipinski definition) is 8. The number of carbonyl (C=O) groups excluding carboxylic acids is 1. The van der Waals surface area contributed by atoms with Crippen LogP contribution in [0.15, 0.2) is 45.6 Å². The second kappa shape index (κ2) is 10.6. The van der Waals surface area contributed by atoms with E-state index in [9.17, 15) is 35.9 Å². The number of ether oxygens (including phenoxy) is 3.